The molecule has 94 valence electrons. The third-order valence-corrected chi connectivity index (χ3v) is 1.97. The van der Waals surface area contributed by atoms with Gasteiger partial charge in [-0.2, -0.15) is 13.2 Å². The van der Waals surface area contributed by atoms with Crippen LogP contribution in [-0.4, -0.2) is 24.7 Å². The van der Waals surface area contributed by atoms with Gasteiger partial charge in [0, 0.05) is 7.05 Å². The minimum absolute atomic E-state index is 0.155. The number of nitro benzene ring substituents is 1. The van der Waals surface area contributed by atoms with Crippen LogP contribution < -0.4 is 10.6 Å². The highest BCUT2D eigenvalue weighted by atomic mass is 19.4. The summed E-state index contributed by atoms with van der Waals surface area (Å²) in [6, 6.07) is 4.07. The minimum Gasteiger partial charge on any atom is -0.382 e. The van der Waals surface area contributed by atoms with E-state index >= 15 is 0 Å². The van der Waals surface area contributed by atoms with E-state index in [1.165, 1.54) is 25.2 Å². The minimum atomic E-state index is -4.43. The maximum Gasteiger partial charge on any atom is 0.405 e. The molecule has 0 aliphatic rings. The van der Waals surface area contributed by atoms with E-state index in [1.54, 1.807) is 0 Å². The summed E-state index contributed by atoms with van der Waals surface area (Å²) in [4.78, 5) is 10.0. The maximum absolute atomic E-state index is 12.0. The molecule has 0 saturated heterocycles. The van der Waals surface area contributed by atoms with Gasteiger partial charge in [0.15, 0.2) is 0 Å². The standard InChI is InChI=1S/C9H10F3N3O2/c1-13-6-3-2-4-7(8(6)15(16)17)14-5-9(10,11)12/h2-4,13-14H,5H2,1H3. The molecule has 0 aromatic heterocycles. The van der Waals surface area contributed by atoms with E-state index in [9.17, 15) is 23.3 Å². The van der Waals surface area contributed by atoms with Gasteiger partial charge >= 0.3 is 11.9 Å². The Morgan fingerprint density at radius 1 is 1.35 bits per heavy atom. The van der Waals surface area contributed by atoms with Gasteiger partial charge in [0.05, 0.1) is 4.92 Å². The molecule has 0 bridgehead atoms. The fourth-order valence-corrected chi connectivity index (χ4v) is 1.28. The second kappa shape index (κ2) is 4.89. The van der Waals surface area contributed by atoms with Crippen molar-refractivity contribution in [1.29, 1.82) is 0 Å². The van der Waals surface area contributed by atoms with Gasteiger partial charge in [-0.25, -0.2) is 0 Å². The van der Waals surface area contributed by atoms with Crippen molar-refractivity contribution in [2.75, 3.05) is 24.2 Å². The van der Waals surface area contributed by atoms with Crippen LogP contribution in [0.5, 0.6) is 0 Å². The van der Waals surface area contributed by atoms with Crippen molar-refractivity contribution >= 4 is 17.1 Å². The molecule has 1 aromatic carbocycles. The van der Waals surface area contributed by atoms with E-state index in [4.69, 9.17) is 0 Å². The van der Waals surface area contributed by atoms with Gasteiger partial charge < -0.3 is 10.6 Å². The Bertz CT molecular complexity index is 420. The summed E-state index contributed by atoms with van der Waals surface area (Å²) in [7, 11) is 1.45. The van der Waals surface area contributed by atoms with Gasteiger partial charge in [-0.15, -0.1) is 0 Å². The Morgan fingerprint density at radius 3 is 2.41 bits per heavy atom. The SMILES string of the molecule is CNc1cccc(NCC(F)(F)F)c1[N+](=O)[O-]. The molecule has 0 amide bonds. The van der Waals surface area contributed by atoms with Gasteiger partial charge in [0.2, 0.25) is 0 Å². The topological polar surface area (TPSA) is 67.2 Å². The van der Waals surface area contributed by atoms with Crippen LogP contribution in [0.2, 0.25) is 0 Å². The summed E-state index contributed by atoms with van der Waals surface area (Å²) < 4.78 is 36.0. The lowest BCUT2D eigenvalue weighted by atomic mass is 10.2. The molecule has 0 atom stereocenters. The molecule has 0 radical (unpaired) electrons. The number of rotatable bonds is 4. The molecule has 0 saturated carbocycles. The number of hydrogen-bond acceptors (Lipinski definition) is 4. The summed E-state index contributed by atoms with van der Waals surface area (Å²) in [5.41, 5.74) is -0.416. The van der Waals surface area contributed by atoms with Crippen LogP contribution in [0.4, 0.5) is 30.2 Å². The average molecular weight is 249 g/mol. The van der Waals surface area contributed by atoms with Crippen LogP contribution in [-0.2, 0) is 0 Å². The monoisotopic (exact) mass is 249 g/mol. The van der Waals surface area contributed by atoms with Crippen LogP contribution in [0.15, 0.2) is 18.2 Å². The van der Waals surface area contributed by atoms with E-state index in [0.29, 0.717) is 0 Å². The molecule has 0 spiro atoms. The predicted octanol–water partition coefficient (Wildman–Crippen LogP) is 2.61. The first-order valence-electron chi connectivity index (χ1n) is 4.61. The number of hydrogen-bond donors (Lipinski definition) is 2. The number of nitro groups is 1. The number of nitrogens with zero attached hydrogens (tertiary/aromatic N) is 1. The highest BCUT2D eigenvalue weighted by Crippen LogP contribution is 2.33. The van der Waals surface area contributed by atoms with Gasteiger partial charge in [-0.1, -0.05) is 6.07 Å². The lowest BCUT2D eigenvalue weighted by Gasteiger charge is -2.11. The number of halogens is 3. The normalized spacial score (nSPS) is 11.1. The Hall–Kier alpha value is -1.99. The number of benzene rings is 1. The molecule has 0 unspecified atom stereocenters. The van der Waals surface area contributed by atoms with E-state index in [1.807, 2.05) is 5.32 Å². The van der Waals surface area contributed by atoms with Crippen LogP contribution >= 0.6 is 0 Å². The largest absolute Gasteiger partial charge is 0.405 e. The number of alkyl halides is 3. The zero-order chi connectivity index (χ0) is 13.1. The van der Waals surface area contributed by atoms with Crippen molar-refractivity contribution in [3.05, 3.63) is 28.3 Å². The van der Waals surface area contributed by atoms with E-state index in [0.717, 1.165) is 0 Å². The molecule has 0 heterocycles. The lowest BCUT2D eigenvalue weighted by molar-refractivity contribution is -0.383. The molecule has 0 aliphatic heterocycles. The smallest absolute Gasteiger partial charge is 0.382 e. The Labute approximate surface area is 94.8 Å². The summed E-state index contributed by atoms with van der Waals surface area (Å²) in [6.07, 6.45) is -4.43. The molecule has 0 aliphatic carbocycles. The molecular weight excluding hydrogens is 239 g/mol. The predicted molar refractivity (Wildman–Crippen MR) is 57.2 cm³/mol. The first-order chi connectivity index (χ1) is 7.85. The zero-order valence-corrected chi connectivity index (χ0v) is 8.84. The van der Waals surface area contributed by atoms with Crippen molar-refractivity contribution in [2.24, 2.45) is 0 Å². The average Bonchev–Trinajstić information content (AvgIpc) is 2.24. The van der Waals surface area contributed by atoms with Crippen LogP contribution in [0.1, 0.15) is 0 Å². The zero-order valence-electron chi connectivity index (χ0n) is 8.84. The van der Waals surface area contributed by atoms with Crippen molar-refractivity contribution in [3.63, 3.8) is 0 Å². The van der Waals surface area contributed by atoms with Crippen LogP contribution in [0.25, 0.3) is 0 Å². The highest BCUT2D eigenvalue weighted by Gasteiger charge is 2.28. The van der Waals surface area contributed by atoms with Gasteiger partial charge in [0.1, 0.15) is 17.9 Å². The molecule has 1 aromatic rings. The first-order valence-corrected chi connectivity index (χ1v) is 4.61. The van der Waals surface area contributed by atoms with Crippen molar-refractivity contribution in [1.82, 2.24) is 0 Å². The van der Waals surface area contributed by atoms with Gasteiger partial charge in [-0.05, 0) is 12.1 Å². The van der Waals surface area contributed by atoms with Crippen molar-refractivity contribution in [3.8, 4) is 0 Å². The van der Waals surface area contributed by atoms with Gasteiger partial charge in [-0.3, -0.25) is 10.1 Å². The summed E-state index contributed by atoms with van der Waals surface area (Å²) in [5, 5.41) is 15.3. The molecular formula is C9H10F3N3O2. The number of nitrogens with one attached hydrogen (secondary N) is 2. The van der Waals surface area contributed by atoms with E-state index in [2.05, 4.69) is 5.32 Å². The van der Waals surface area contributed by atoms with E-state index < -0.39 is 23.3 Å². The lowest BCUT2D eigenvalue weighted by Crippen LogP contribution is -2.21. The second-order valence-corrected chi connectivity index (χ2v) is 3.18. The second-order valence-electron chi connectivity index (χ2n) is 3.18. The van der Waals surface area contributed by atoms with Gasteiger partial charge in [0.25, 0.3) is 0 Å². The Kier molecular flexibility index (Phi) is 3.77. The Morgan fingerprint density at radius 2 is 1.94 bits per heavy atom. The summed E-state index contributed by atoms with van der Waals surface area (Å²) in [6.45, 7) is -1.32. The maximum atomic E-state index is 12.0. The van der Waals surface area contributed by atoms with Crippen LogP contribution in [0.3, 0.4) is 0 Å². The molecule has 1 rings (SSSR count). The molecule has 5 nitrogen and oxygen atoms in total. The fraction of sp³-hybridized carbons (Fsp3) is 0.333. The summed E-state index contributed by atoms with van der Waals surface area (Å²) in [5.74, 6) is 0. The van der Waals surface area contributed by atoms with Crippen LogP contribution in [0, 0.1) is 10.1 Å². The van der Waals surface area contributed by atoms with Crippen molar-refractivity contribution in [2.45, 2.75) is 6.18 Å². The molecule has 2 N–H and O–H groups in total. The molecule has 8 heteroatoms. The third-order valence-electron chi connectivity index (χ3n) is 1.97. The Balaban J connectivity index is 3.02. The highest BCUT2D eigenvalue weighted by molar-refractivity contribution is 5.76. The molecule has 0 fully saturated rings. The molecule has 17 heavy (non-hydrogen) atoms. The quantitative estimate of drug-likeness (QED) is 0.635. The third kappa shape index (κ3) is 3.51. The van der Waals surface area contributed by atoms with E-state index in [-0.39, 0.29) is 11.4 Å². The first kappa shape index (κ1) is 13.1. The number of anilines is 2. The number of para-hydroxylation sites is 1. The summed E-state index contributed by atoms with van der Waals surface area (Å²) >= 11 is 0. The fourth-order valence-electron chi connectivity index (χ4n) is 1.28. The van der Waals surface area contributed by atoms with Crippen molar-refractivity contribution < 1.29 is 18.1 Å².